The molecule has 4 heteroatoms. The van der Waals surface area contributed by atoms with E-state index in [9.17, 15) is 4.79 Å². The van der Waals surface area contributed by atoms with Gasteiger partial charge < -0.3 is 10.3 Å². The van der Waals surface area contributed by atoms with Gasteiger partial charge in [0.05, 0.1) is 0 Å². The number of aromatic nitrogens is 1. The van der Waals surface area contributed by atoms with Crippen LogP contribution in [0.15, 0.2) is 24.3 Å². The van der Waals surface area contributed by atoms with Crippen LogP contribution in [0.4, 0.5) is 0 Å². The fourth-order valence-corrected chi connectivity index (χ4v) is 5.28. The van der Waals surface area contributed by atoms with Gasteiger partial charge in [-0.25, -0.2) is 0 Å². The van der Waals surface area contributed by atoms with Gasteiger partial charge in [0, 0.05) is 22.0 Å². The largest absolute Gasteiger partial charge is 0.351 e. The predicted molar refractivity (Wildman–Crippen MR) is 93.8 cm³/mol. The molecule has 1 amide bonds. The first-order valence-corrected chi connectivity index (χ1v) is 8.76. The van der Waals surface area contributed by atoms with E-state index in [1.54, 1.807) is 0 Å². The summed E-state index contributed by atoms with van der Waals surface area (Å²) in [5, 5.41) is 4.99. The summed E-state index contributed by atoms with van der Waals surface area (Å²) in [5.74, 6) is 0.712. The van der Waals surface area contributed by atoms with Crippen molar-refractivity contribution in [3.05, 3.63) is 35.0 Å². The number of aromatic amines is 1. The van der Waals surface area contributed by atoms with E-state index in [0.29, 0.717) is 10.7 Å². The Bertz CT molecular complexity index is 789. The van der Waals surface area contributed by atoms with Crippen LogP contribution in [0.5, 0.6) is 0 Å². The van der Waals surface area contributed by atoms with Crippen molar-refractivity contribution in [2.24, 2.45) is 16.7 Å². The zero-order chi connectivity index (χ0) is 16.4. The maximum Gasteiger partial charge on any atom is 0.267 e. The van der Waals surface area contributed by atoms with Crippen molar-refractivity contribution in [1.82, 2.24) is 10.3 Å². The van der Waals surface area contributed by atoms with E-state index < -0.39 is 0 Å². The molecular formula is C19H23ClN2O. The summed E-state index contributed by atoms with van der Waals surface area (Å²) >= 11 is 6.03. The lowest BCUT2D eigenvalue weighted by atomic mass is 9.68. The van der Waals surface area contributed by atoms with Gasteiger partial charge in [-0.05, 0) is 60.3 Å². The number of nitrogens with one attached hydrogen (secondary N) is 2. The lowest BCUT2D eigenvalue weighted by Gasteiger charge is -2.43. The van der Waals surface area contributed by atoms with Crippen LogP contribution in [-0.2, 0) is 0 Å². The summed E-state index contributed by atoms with van der Waals surface area (Å²) in [5.41, 5.74) is 1.96. The van der Waals surface area contributed by atoms with Gasteiger partial charge in [-0.1, -0.05) is 32.4 Å². The fraction of sp³-hybridized carbons (Fsp3) is 0.526. The van der Waals surface area contributed by atoms with Gasteiger partial charge in [-0.3, -0.25) is 4.79 Å². The molecule has 0 spiro atoms. The number of halogens is 1. The number of rotatable bonds is 2. The molecule has 0 radical (unpaired) electrons. The molecule has 1 aromatic heterocycles. The first-order valence-electron chi connectivity index (χ1n) is 8.39. The van der Waals surface area contributed by atoms with Crippen LogP contribution in [0.1, 0.15) is 50.5 Å². The number of carbonyl (C=O) groups excluding carboxylic acids is 1. The summed E-state index contributed by atoms with van der Waals surface area (Å²) < 4.78 is 0. The molecule has 2 unspecified atom stereocenters. The van der Waals surface area contributed by atoms with Gasteiger partial charge in [0.2, 0.25) is 0 Å². The Morgan fingerprint density at radius 3 is 2.78 bits per heavy atom. The van der Waals surface area contributed by atoms with Crippen LogP contribution in [0, 0.1) is 16.7 Å². The van der Waals surface area contributed by atoms with Crippen molar-refractivity contribution in [1.29, 1.82) is 0 Å². The number of hydrogen-bond acceptors (Lipinski definition) is 1. The average Bonchev–Trinajstić information content (AvgIpc) is 3.11. The molecule has 1 heterocycles. The Hall–Kier alpha value is -1.48. The molecule has 2 bridgehead atoms. The zero-order valence-electron chi connectivity index (χ0n) is 13.9. The Balaban J connectivity index is 1.62. The molecular weight excluding hydrogens is 308 g/mol. The molecule has 2 N–H and O–H groups in total. The highest BCUT2D eigenvalue weighted by atomic mass is 35.5. The molecule has 0 aliphatic heterocycles. The maximum atomic E-state index is 12.8. The molecule has 2 aliphatic rings. The van der Waals surface area contributed by atoms with Gasteiger partial charge in [-0.2, -0.15) is 0 Å². The Morgan fingerprint density at radius 2 is 2.09 bits per heavy atom. The second-order valence-electron chi connectivity index (χ2n) is 8.24. The second-order valence-corrected chi connectivity index (χ2v) is 8.67. The highest BCUT2D eigenvalue weighted by Gasteiger charge is 2.59. The van der Waals surface area contributed by atoms with Crippen LogP contribution in [0.3, 0.4) is 0 Å². The Kier molecular flexibility index (Phi) is 3.12. The summed E-state index contributed by atoms with van der Waals surface area (Å²) in [4.78, 5) is 16.0. The fourth-order valence-electron chi connectivity index (χ4n) is 5.10. The van der Waals surface area contributed by atoms with Crippen LogP contribution in [0.25, 0.3) is 10.9 Å². The lowest BCUT2D eigenvalue weighted by Crippen LogP contribution is -2.52. The SMILES string of the molecule is CC1(C)C2CC[C@@](C)(C2)C1NC(=O)c1cc2cc(Cl)ccc2[nH]1. The molecule has 3 nitrogen and oxygen atoms in total. The van der Waals surface area contributed by atoms with E-state index in [2.05, 4.69) is 31.1 Å². The second kappa shape index (κ2) is 4.76. The minimum Gasteiger partial charge on any atom is -0.351 e. The number of benzene rings is 1. The molecule has 122 valence electrons. The number of carbonyl (C=O) groups is 1. The average molecular weight is 331 g/mol. The number of fused-ring (bicyclic) bond motifs is 3. The smallest absolute Gasteiger partial charge is 0.267 e. The minimum atomic E-state index is -0.0100. The van der Waals surface area contributed by atoms with Gasteiger partial charge >= 0.3 is 0 Å². The zero-order valence-corrected chi connectivity index (χ0v) is 14.6. The van der Waals surface area contributed by atoms with Crippen LogP contribution >= 0.6 is 11.6 Å². The molecule has 0 saturated heterocycles. The van der Waals surface area contributed by atoms with Crippen molar-refractivity contribution in [3.8, 4) is 0 Å². The first-order chi connectivity index (χ1) is 10.8. The maximum absolute atomic E-state index is 12.8. The van der Waals surface area contributed by atoms with Gasteiger partial charge in [-0.15, -0.1) is 0 Å². The highest BCUT2D eigenvalue weighted by molar-refractivity contribution is 6.31. The standard InChI is InChI=1S/C19H23ClN2O/c1-18(2)12-6-7-19(3,10-12)17(18)22-16(23)15-9-11-8-13(20)4-5-14(11)21-15/h4-5,8-9,12,17,21H,6-7,10H2,1-3H3,(H,22,23)/t12?,17?,19-/m0/s1. The van der Waals surface area contributed by atoms with E-state index >= 15 is 0 Å². The van der Waals surface area contributed by atoms with Gasteiger partial charge in [0.25, 0.3) is 5.91 Å². The normalized spacial score (nSPS) is 31.7. The Labute approximate surface area is 141 Å². The third kappa shape index (κ3) is 2.20. The third-order valence-electron chi connectivity index (χ3n) is 6.37. The van der Waals surface area contributed by atoms with Gasteiger partial charge in [0.1, 0.15) is 5.69 Å². The van der Waals surface area contributed by atoms with Crippen LogP contribution in [0.2, 0.25) is 5.02 Å². The molecule has 23 heavy (non-hydrogen) atoms. The molecule has 2 saturated carbocycles. The molecule has 3 atom stereocenters. The summed E-state index contributed by atoms with van der Waals surface area (Å²) in [7, 11) is 0. The predicted octanol–water partition coefficient (Wildman–Crippen LogP) is 4.77. The van der Waals surface area contributed by atoms with Crippen molar-refractivity contribution in [2.75, 3.05) is 0 Å². The quantitative estimate of drug-likeness (QED) is 0.818. The Morgan fingerprint density at radius 1 is 1.30 bits per heavy atom. The lowest BCUT2D eigenvalue weighted by molar-refractivity contribution is 0.0734. The van der Waals surface area contributed by atoms with E-state index in [1.807, 2.05) is 24.3 Å². The van der Waals surface area contributed by atoms with E-state index in [0.717, 1.165) is 16.8 Å². The van der Waals surface area contributed by atoms with Crippen molar-refractivity contribution in [2.45, 2.75) is 46.1 Å². The van der Waals surface area contributed by atoms with E-state index in [-0.39, 0.29) is 22.8 Å². The topological polar surface area (TPSA) is 44.9 Å². The van der Waals surface area contributed by atoms with Crippen molar-refractivity contribution >= 4 is 28.4 Å². The number of H-pyrrole nitrogens is 1. The van der Waals surface area contributed by atoms with Crippen molar-refractivity contribution < 1.29 is 4.79 Å². The molecule has 2 fully saturated rings. The first kappa shape index (κ1) is 15.1. The molecule has 4 rings (SSSR count). The van der Waals surface area contributed by atoms with E-state index in [4.69, 9.17) is 11.6 Å². The highest BCUT2D eigenvalue weighted by Crippen LogP contribution is 2.62. The van der Waals surface area contributed by atoms with Crippen molar-refractivity contribution in [3.63, 3.8) is 0 Å². The van der Waals surface area contributed by atoms with E-state index in [1.165, 1.54) is 19.3 Å². The summed E-state index contributed by atoms with van der Waals surface area (Å²) in [6.45, 7) is 6.94. The molecule has 2 aromatic rings. The third-order valence-corrected chi connectivity index (χ3v) is 6.61. The summed E-state index contributed by atoms with van der Waals surface area (Å²) in [6.07, 6.45) is 3.74. The summed E-state index contributed by atoms with van der Waals surface area (Å²) in [6, 6.07) is 7.75. The monoisotopic (exact) mass is 330 g/mol. The van der Waals surface area contributed by atoms with Crippen LogP contribution in [-0.4, -0.2) is 16.9 Å². The molecule has 2 aliphatic carbocycles. The number of amides is 1. The van der Waals surface area contributed by atoms with Crippen LogP contribution < -0.4 is 5.32 Å². The minimum absolute atomic E-state index is 0.0100. The number of hydrogen-bond donors (Lipinski definition) is 2. The molecule has 1 aromatic carbocycles. The van der Waals surface area contributed by atoms with Gasteiger partial charge in [0.15, 0.2) is 0 Å².